The van der Waals surface area contributed by atoms with Crippen molar-refractivity contribution in [3.63, 3.8) is 0 Å². The summed E-state index contributed by atoms with van der Waals surface area (Å²) in [5.41, 5.74) is 3.95. The summed E-state index contributed by atoms with van der Waals surface area (Å²) in [6, 6.07) is 13.7. The number of rotatable bonds is 3. The summed E-state index contributed by atoms with van der Waals surface area (Å²) in [6.07, 6.45) is 1.93. The zero-order chi connectivity index (χ0) is 15.0. The Labute approximate surface area is 129 Å². The molecule has 1 heterocycles. The Bertz CT molecular complexity index is 832. The number of hydrogen-bond acceptors (Lipinski definition) is 1. The van der Waals surface area contributed by atoms with Crippen LogP contribution in [0.2, 0.25) is 5.02 Å². The van der Waals surface area contributed by atoms with E-state index < -0.39 is 0 Å². The number of halogens is 1. The number of Topliss-reactive ketones (excluding diaryl/α,β-unsaturated/α-hetero) is 1. The first-order valence-electron chi connectivity index (χ1n) is 6.89. The summed E-state index contributed by atoms with van der Waals surface area (Å²) in [5, 5.41) is 1.76. The third-order valence-corrected chi connectivity index (χ3v) is 3.98. The van der Waals surface area contributed by atoms with Gasteiger partial charge in [-0.15, -0.1) is 0 Å². The van der Waals surface area contributed by atoms with Gasteiger partial charge in [0, 0.05) is 27.7 Å². The molecule has 2 aromatic carbocycles. The summed E-state index contributed by atoms with van der Waals surface area (Å²) in [6.45, 7) is 4.32. The second-order valence-electron chi connectivity index (χ2n) is 5.39. The van der Waals surface area contributed by atoms with Crippen LogP contribution in [-0.2, 0) is 6.54 Å². The molecule has 0 saturated heterocycles. The number of fused-ring (bicyclic) bond motifs is 1. The minimum absolute atomic E-state index is 0.128. The van der Waals surface area contributed by atoms with E-state index in [1.807, 2.05) is 67.1 Å². The minimum atomic E-state index is 0.128. The van der Waals surface area contributed by atoms with Crippen LogP contribution in [0.5, 0.6) is 0 Å². The molecule has 0 aliphatic heterocycles. The van der Waals surface area contributed by atoms with Crippen LogP contribution >= 0.6 is 11.6 Å². The van der Waals surface area contributed by atoms with Crippen LogP contribution in [0.1, 0.15) is 21.5 Å². The molecule has 0 atom stereocenters. The fraction of sp³-hybridized carbons (Fsp3) is 0.167. The highest BCUT2D eigenvalue weighted by molar-refractivity contribution is 6.31. The molecular formula is C18H16ClNO. The van der Waals surface area contributed by atoms with Gasteiger partial charge in [-0.1, -0.05) is 29.3 Å². The fourth-order valence-electron chi connectivity index (χ4n) is 2.59. The highest BCUT2D eigenvalue weighted by Crippen LogP contribution is 2.21. The molecular weight excluding hydrogens is 282 g/mol. The van der Waals surface area contributed by atoms with Gasteiger partial charge < -0.3 is 4.57 Å². The summed E-state index contributed by atoms with van der Waals surface area (Å²) < 4.78 is 1.97. The maximum Gasteiger partial charge on any atom is 0.182 e. The molecule has 1 aromatic heterocycles. The molecule has 0 unspecified atom stereocenters. The van der Waals surface area contributed by atoms with Gasteiger partial charge in [0.05, 0.1) is 6.54 Å². The SMILES string of the molecule is Cc1ccc(C)c(C(=O)Cn2ccc3cc(Cl)ccc32)c1. The van der Waals surface area contributed by atoms with Crippen LogP contribution in [-0.4, -0.2) is 10.4 Å². The van der Waals surface area contributed by atoms with Gasteiger partial charge in [0.1, 0.15) is 0 Å². The average molecular weight is 298 g/mol. The van der Waals surface area contributed by atoms with Crippen molar-refractivity contribution in [1.29, 1.82) is 0 Å². The fourth-order valence-corrected chi connectivity index (χ4v) is 2.77. The third kappa shape index (κ3) is 2.72. The maximum atomic E-state index is 12.5. The van der Waals surface area contributed by atoms with Gasteiger partial charge in [-0.3, -0.25) is 4.79 Å². The molecule has 0 spiro atoms. The molecule has 0 saturated carbocycles. The Morgan fingerprint density at radius 2 is 1.90 bits per heavy atom. The lowest BCUT2D eigenvalue weighted by molar-refractivity contribution is 0.0973. The number of aryl methyl sites for hydroxylation is 2. The molecule has 106 valence electrons. The summed E-state index contributed by atoms with van der Waals surface area (Å²) in [4.78, 5) is 12.5. The van der Waals surface area contributed by atoms with E-state index >= 15 is 0 Å². The number of benzene rings is 2. The molecule has 0 aliphatic rings. The average Bonchev–Trinajstić information content (AvgIpc) is 2.83. The molecule has 3 rings (SSSR count). The van der Waals surface area contributed by atoms with Gasteiger partial charge in [0.15, 0.2) is 5.78 Å². The van der Waals surface area contributed by atoms with Crippen molar-refractivity contribution in [2.45, 2.75) is 20.4 Å². The molecule has 3 heteroatoms. The number of nitrogens with zero attached hydrogens (tertiary/aromatic N) is 1. The van der Waals surface area contributed by atoms with Crippen LogP contribution in [0.4, 0.5) is 0 Å². The molecule has 3 aromatic rings. The minimum Gasteiger partial charge on any atom is -0.340 e. The summed E-state index contributed by atoms with van der Waals surface area (Å²) >= 11 is 5.99. The topological polar surface area (TPSA) is 22.0 Å². The van der Waals surface area contributed by atoms with Gasteiger partial charge in [0.2, 0.25) is 0 Å². The van der Waals surface area contributed by atoms with Crippen molar-refractivity contribution in [1.82, 2.24) is 4.57 Å². The monoisotopic (exact) mass is 297 g/mol. The standard InChI is InChI=1S/C18H16ClNO/c1-12-3-4-13(2)16(9-12)18(21)11-20-8-7-14-10-15(19)5-6-17(14)20/h3-10H,11H2,1-2H3. The zero-order valence-electron chi connectivity index (χ0n) is 12.1. The quantitative estimate of drug-likeness (QED) is 0.637. The van der Waals surface area contributed by atoms with Gasteiger partial charge >= 0.3 is 0 Å². The normalized spacial score (nSPS) is 11.0. The molecule has 21 heavy (non-hydrogen) atoms. The number of aromatic nitrogens is 1. The van der Waals surface area contributed by atoms with E-state index in [1.54, 1.807) is 0 Å². The van der Waals surface area contributed by atoms with E-state index in [0.717, 1.165) is 27.6 Å². The summed E-state index contributed by atoms with van der Waals surface area (Å²) in [7, 11) is 0. The predicted octanol–water partition coefficient (Wildman–Crippen LogP) is 4.79. The largest absolute Gasteiger partial charge is 0.340 e. The van der Waals surface area contributed by atoms with E-state index in [9.17, 15) is 4.79 Å². The van der Waals surface area contributed by atoms with E-state index in [-0.39, 0.29) is 5.78 Å². The first kappa shape index (κ1) is 13.9. The first-order chi connectivity index (χ1) is 10.0. The van der Waals surface area contributed by atoms with E-state index in [4.69, 9.17) is 11.6 Å². The second-order valence-corrected chi connectivity index (χ2v) is 5.82. The van der Waals surface area contributed by atoms with Crippen molar-refractivity contribution >= 4 is 28.3 Å². The number of ketones is 1. The van der Waals surface area contributed by atoms with Crippen LogP contribution in [0, 0.1) is 13.8 Å². The van der Waals surface area contributed by atoms with Gasteiger partial charge in [0.25, 0.3) is 0 Å². The molecule has 2 nitrogen and oxygen atoms in total. The first-order valence-corrected chi connectivity index (χ1v) is 7.27. The highest BCUT2D eigenvalue weighted by Gasteiger charge is 2.11. The van der Waals surface area contributed by atoms with E-state index in [0.29, 0.717) is 11.6 Å². The Morgan fingerprint density at radius 1 is 1.10 bits per heavy atom. The Kier molecular flexibility index (Phi) is 3.56. The zero-order valence-corrected chi connectivity index (χ0v) is 12.8. The molecule has 0 aliphatic carbocycles. The Balaban J connectivity index is 1.95. The molecule has 0 N–H and O–H groups in total. The number of carbonyl (C=O) groups is 1. The molecule has 0 bridgehead atoms. The Hall–Kier alpha value is -2.06. The maximum absolute atomic E-state index is 12.5. The lowest BCUT2D eigenvalue weighted by Gasteiger charge is -2.08. The van der Waals surface area contributed by atoms with Gasteiger partial charge in [-0.2, -0.15) is 0 Å². The number of hydrogen-bond donors (Lipinski definition) is 0. The van der Waals surface area contributed by atoms with Gasteiger partial charge in [-0.25, -0.2) is 0 Å². The molecule has 0 radical (unpaired) electrons. The van der Waals surface area contributed by atoms with Crippen LogP contribution in [0.25, 0.3) is 10.9 Å². The van der Waals surface area contributed by atoms with Crippen molar-refractivity contribution in [3.05, 3.63) is 70.4 Å². The van der Waals surface area contributed by atoms with Crippen molar-refractivity contribution in [2.75, 3.05) is 0 Å². The lowest BCUT2D eigenvalue weighted by atomic mass is 10.0. The van der Waals surface area contributed by atoms with Crippen LogP contribution in [0.3, 0.4) is 0 Å². The van der Waals surface area contributed by atoms with E-state index in [1.165, 1.54) is 0 Å². The van der Waals surface area contributed by atoms with Crippen molar-refractivity contribution in [3.8, 4) is 0 Å². The smallest absolute Gasteiger partial charge is 0.182 e. The molecule has 0 fully saturated rings. The lowest BCUT2D eigenvalue weighted by Crippen LogP contribution is -2.11. The molecule has 0 amide bonds. The number of carbonyl (C=O) groups excluding carboxylic acids is 1. The summed E-state index contributed by atoms with van der Waals surface area (Å²) in [5.74, 6) is 0.128. The van der Waals surface area contributed by atoms with Crippen LogP contribution < -0.4 is 0 Å². The van der Waals surface area contributed by atoms with Crippen molar-refractivity contribution in [2.24, 2.45) is 0 Å². The highest BCUT2D eigenvalue weighted by atomic mass is 35.5. The van der Waals surface area contributed by atoms with Gasteiger partial charge in [-0.05, 0) is 49.7 Å². The van der Waals surface area contributed by atoms with Crippen molar-refractivity contribution < 1.29 is 4.79 Å². The third-order valence-electron chi connectivity index (χ3n) is 3.74. The van der Waals surface area contributed by atoms with E-state index in [2.05, 4.69) is 0 Å². The van der Waals surface area contributed by atoms with Crippen LogP contribution in [0.15, 0.2) is 48.7 Å². The Morgan fingerprint density at radius 3 is 2.71 bits per heavy atom. The predicted molar refractivity (Wildman–Crippen MR) is 87.2 cm³/mol. The second kappa shape index (κ2) is 5.38.